The summed E-state index contributed by atoms with van der Waals surface area (Å²) in [7, 11) is 0. The lowest BCUT2D eigenvalue weighted by Crippen LogP contribution is -2.37. The van der Waals surface area contributed by atoms with Crippen molar-refractivity contribution in [2.45, 2.75) is 46.1 Å². The van der Waals surface area contributed by atoms with E-state index in [-0.39, 0.29) is 6.09 Å². The van der Waals surface area contributed by atoms with Gasteiger partial charge in [0.05, 0.1) is 0 Å². The van der Waals surface area contributed by atoms with Crippen LogP contribution in [0, 0.1) is 0 Å². The lowest BCUT2D eigenvalue weighted by Gasteiger charge is -2.25. The summed E-state index contributed by atoms with van der Waals surface area (Å²) < 4.78 is 5.37. The van der Waals surface area contributed by atoms with Crippen LogP contribution in [-0.4, -0.2) is 29.7 Å². The van der Waals surface area contributed by atoms with Crippen molar-refractivity contribution in [1.29, 1.82) is 0 Å². The molecule has 0 aromatic carbocycles. The van der Waals surface area contributed by atoms with Crippen LogP contribution in [0.4, 0.5) is 4.79 Å². The molecule has 0 N–H and O–H groups in total. The van der Waals surface area contributed by atoms with E-state index in [0.717, 1.165) is 19.4 Å². The molecule has 1 aliphatic rings. The molecule has 0 saturated heterocycles. The van der Waals surface area contributed by atoms with Crippen molar-refractivity contribution in [2.24, 2.45) is 0 Å². The standard InChI is InChI=1S/C14H23NO2/c1-5-7-12-8-6-10-15(11-9-12)13(16)17-14(2,3)4/h5,7,9H,6,8,10-11H2,1-4H3/b7-5+. The third-order valence-corrected chi connectivity index (χ3v) is 2.50. The van der Waals surface area contributed by atoms with E-state index in [4.69, 9.17) is 4.74 Å². The number of allylic oxidation sites excluding steroid dienone is 3. The Labute approximate surface area is 104 Å². The normalized spacial score (nSPS) is 17.9. The minimum atomic E-state index is -0.417. The summed E-state index contributed by atoms with van der Waals surface area (Å²) in [6.45, 7) is 9.11. The van der Waals surface area contributed by atoms with Crippen LogP contribution in [0.15, 0.2) is 23.8 Å². The molecule has 0 spiro atoms. The van der Waals surface area contributed by atoms with Gasteiger partial charge in [-0.1, -0.05) is 23.8 Å². The Morgan fingerprint density at radius 3 is 2.76 bits per heavy atom. The lowest BCUT2D eigenvalue weighted by molar-refractivity contribution is 0.0273. The molecule has 0 radical (unpaired) electrons. The molecule has 96 valence electrons. The molecule has 1 amide bonds. The van der Waals surface area contributed by atoms with E-state index in [1.165, 1.54) is 5.57 Å². The summed E-state index contributed by atoms with van der Waals surface area (Å²) in [5.41, 5.74) is 0.887. The van der Waals surface area contributed by atoms with Crippen LogP contribution in [0.3, 0.4) is 0 Å². The number of hydrogen-bond acceptors (Lipinski definition) is 2. The van der Waals surface area contributed by atoms with Crippen molar-refractivity contribution < 1.29 is 9.53 Å². The van der Waals surface area contributed by atoms with Gasteiger partial charge in [0.1, 0.15) is 5.60 Å². The molecule has 0 bridgehead atoms. The smallest absolute Gasteiger partial charge is 0.410 e. The summed E-state index contributed by atoms with van der Waals surface area (Å²) in [6.07, 6.45) is 8.07. The number of amides is 1. The molecule has 0 atom stereocenters. The molecule has 0 aromatic heterocycles. The quantitative estimate of drug-likeness (QED) is 0.698. The van der Waals surface area contributed by atoms with Gasteiger partial charge in [-0.2, -0.15) is 0 Å². The van der Waals surface area contributed by atoms with Crippen LogP contribution in [0.1, 0.15) is 40.5 Å². The van der Waals surface area contributed by atoms with Crippen LogP contribution in [0.25, 0.3) is 0 Å². The topological polar surface area (TPSA) is 29.5 Å². The van der Waals surface area contributed by atoms with Crippen LogP contribution >= 0.6 is 0 Å². The molecule has 0 unspecified atom stereocenters. The second-order valence-electron chi connectivity index (χ2n) is 5.31. The Kier molecular flexibility index (Phi) is 4.79. The fourth-order valence-electron chi connectivity index (χ4n) is 1.75. The van der Waals surface area contributed by atoms with Gasteiger partial charge in [-0.3, -0.25) is 0 Å². The number of nitrogens with zero attached hydrogens (tertiary/aromatic N) is 1. The third-order valence-electron chi connectivity index (χ3n) is 2.50. The fourth-order valence-corrected chi connectivity index (χ4v) is 1.75. The van der Waals surface area contributed by atoms with Gasteiger partial charge in [0.2, 0.25) is 0 Å². The zero-order valence-corrected chi connectivity index (χ0v) is 11.3. The van der Waals surface area contributed by atoms with Crippen molar-refractivity contribution in [1.82, 2.24) is 4.90 Å². The summed E-state index contributed by atoms with van der Waals surface area (Å²) in [4.78, 5) is 13.7. The second-order valence-corrected chi connectivity index (χ2v) is 5.31. The minimum absolute atomic E-state index is 0.213. The van der Waals surface area contributed by atoms with Crippen LogP contribution in [0.5, 0.6) is 0 Å². The molecule has 3 nitrogen and oxygen atoms in total. The van der Waals surface area contributed by atoms with Gasteiger partial charge in [-0.05, 0) is 40.5 Å². The van der Waals surface area contributed by atoms with Gasteiger partial charge in [0.25, 0.3) is 0 Å². The van der Waals surface area contributed by atoms with Crippen molar-refractivity contribution in [3.05, 3.63) is 23.8 Å². The molecule has 0 aliphatic carbocycles. The third kappa shape index (κ3) is 5.07. The number of hydrogen-bond donors (Lipinski definition) is 0. The van der Waals surface area contributed by atoms with Gasteiger partial charge in [0.15, 0.2) is 0 Å². The Balaban J connectivity index is 2.59. The van der Waals surface area contributed by atoms with E-state index >= 15 is 0 Å². The van der Waals surface area contributed by atoms with E-state index in [9.17, 15) is 4.79 Å². The molecule has 17 heavy (non-hydrogen) atoms. The van der Waals surface area contributed by atoms with Gasteiger partial charge in [0, 0.05) is 13.1 Å². The average molecular weight is 237 g/mol. The largest absolute Gasteiger partial charge is 0.444 e. The minimum Gasteiger partial charge on any atom is -0.444 e. The molecule has 0 aromatic rings. The number of rotatable bonds is 1. The molecule has 0 fully saturated rings. The van der Waals surface area contributed by atoms with Crippen molar-refractivity contribution >= 4 is 6.09 Å². The molecule has 1 heterocycles. The highest BCUT2D eigenvalue weighted by Crippen LogP contribution is 2.16. The molecule has 3 heteroatoms. The van der Waals surface area contributed by atoms with Crippen molar-refractivity contribution in [3.63, 3.8) is 0 Å². The highest BCUT2D eigenvalue weighted by molar-refractivity contribution is 5.68. The first-order valence-corrected chi connectivity index (χ1v) is 6.22. The van der Waals surface area contributed by atoms with Crippen LogP contribution in [0.2, 0.25) is 0 Å². The van der Waals surface area contributed by atoms with Gasteiger partial charge < -0.3 is 9.64 Å². The predicted molar refractivity (Wildman–Crippen MR) is 69.9 cm³/mol. The SMILES string of the molecule is C/C=C/C1=CCN(C(=O)OC(C)(C)C)CCC1. The number of ether oxygens (including phenoxy) is 1. The zero-order chi connectivity index (χ0) is 12.9. The van der Waals surface area contributed by atoms with Crippen LogP contribution in [-0.2, 0) is 4.74 Å². The number of carbonyl (C=O) groups is 1. The maximum Gasteiger partial charge on any atom is 0.410 e. The van der Waals surface area contributed by atoms with Crippen LogP contribution < -0.4 is 0 Å². The van der Waals surface area contributed by atoms with Crippen molar-refractivity contribution in [3.8, 4) is 0 Å². The summed E-state index contributed by atoms with van der Waals surface area (Å²) in [5, 5.41) is 0. The summed E-state index contributed by atoms with van der Waals surface area (Å²) in [5.74, 6) is 0. The molecular formula is C14H23NO2. The molecule has 1 rings (SSSR count). The first-order chi connectivity index (χ1) is 7.92. The Hall–Kier alpha value is -1.25. The van der Waals surface area contributed by atoms with E-state index < -0.39 is 5.60 Å². The van der Waals surface area contributed by atoms with E-state index in [0.29, 0.717) is 6.54 Å². The lowest BCUT2D eigenvalue weighted by atomic mass is 10.1. The average Bonchev–Trinajstić information content (AvgIpc) is 2.41. The number of carbonyl (C=O) groups excluding carboxylic acids is 1. The molecule has 1 aliphatic heterocycles. The Morgan fingerprint density at radius 2 is 2.18 bits per heavy atom. The maximum atomic E-state index is 11.9. The second kappa shape index (κ2) is 5.89. The maximum absolute atomic E-state index is 11.9. The van der Waals surface area contributed by atoms with E-state index in [1.54, 1.807) is 4.90 Å². The first kappa shape index (κ1) is 13.8. The van der Waals surface area contributed by atoms with E-state index in [1.807, 2.05) is 33.8 Å². The zero-order valence-electron chi connectivity index (χ0n) is 11.3. The van der Waals surface area contributed by atoms with Gasteiger partial charge in [-0.25, -0.2) is 4.79 Å². The fraction of sp³-hybridized carbons (Fsp3) is 0.643. The highest BCUT2D eigenvalue weighted by atomic mass is 16.6. The van der Waals surface area contributed by atoms with Crippen molar-refractivity contribution in [2.75, 3.05) is 13.1 Å². The molecular weight excluding hydrogens is 214 g/mol. The highest BCUT2D eigenvalue weighted by Gasteiger charge is 2.22. The predicted octanol–water partition coefficient (Wildman–Crippen LogP) is 3.52. The first-order valence-electron chi connectivity index (χ1n) is 6.22. The summed E-state index contributed by atoms with van der Waals surface area (Å²) in [6, 6.07) is 0. The molecule has 0 saturated carbocycles. The monoisotopic (exact) mass is 237 g/mol. The Morgan fingerprint density at radius 1 is 1.47 bits per heavy atom. The van der Waals surface area contributed by atoms with E-state index in [2.05, 4.69) is 12.2 Å². The van der Waals surface area contributed by atoms with Gasteiger partial charge >= 0.3 is 6.09 Å². The Bertz CT molecular complexity index is 324. The van der Waals surface area contributed by atoms with Gasteiger partial charge in [-0.15, -0.1) is 0 Å². The summed E-state index contributed by atoms with van der Waals surface area (Å²) >= 11 is 0.